The van der Waals surface area contributed by atoms with E-state index in [1.54, 1.807) is 36.9 Å². The summed E-state index contributed by atoms with van der Waals surface area (Å²) in [5.41, 5.74) is 2.19. The van der Waals surface area contributed by atoms with Gasteiger partial charge in [0.05, 0.1) is 16.4 Å². The van der Waals surface area contributed by atoms with Crippen LogP contribution in [-0.4, -0.2) is 10.5 Å². The molecule has 116 valence electrons. The van der Waals surface area contributed by atoms with E-state index in [2.05, 4.69) is 6.07 Å². The molecule has 1 fully saturated rings. The van der Waals surface area contributed by atoms with Crippen LogP contribution in [0.4, 0.5) is 4.39 Å². The smallest absolute Gasteiger partial charge is 0.146 e. The zero-order chi connectivity index (χ0) is 16.4. The third-order valence-corrected chi connectivity index (χ3v) is 6.04. The van der Waals surface area contributed by atoms with Gasteiger partial charge in [0.15, 0.2) is 0 Å². The number of Topliss-reactive ketones (excluding diaryl/α,β-unsaturated/α-hetero) is 1. The maximum atomic E-state index is 13.7. The van der Waals surface area contributed by atoms with Crippen LogP contribution in [0.2, 0.25) is 0 Å². The first-order valence-electron chi connectivity index (χ1n) is 7.54. The topological polar surface area (TPSA) is 40.9 Å². The second-order valence-electron chi connectivity index (χ2n) is 5.84. The van der Waals surface area contributed by atoms with Crippen LogP contribution in [0.15, 0.2) is 47.4 Å². The molecule has 23 heavy (non-hydrogen) atoms. The summed E-state index contributed by atoms with van der Waals surface area (Å²) < 4.78 is 13.4. The SMILES string of the molecule is CC(=O)C1(Sc2ccc(F)cc2-c2ccc(C#N)cc2)CCC1. The van der Waals surface area contributed by atoms with Gasteiger partial charge in [0.2, 0.25) is 0 Å². The first-order chi connectivity index (χ1) is 11.0. The number of ketones is 1. The molecule has 0 unspecified atom stereocenters. The van der Waals surface area contributed by atoms with Crippen molar-refractivity contribution in [3.8, 4) is 17.2 Å². The van der Waals surface area contributed by atoms with E-state index in [9.17, 15) is 9.18 Å². The monoisotopic (exact) mass is 325 g/mol. The van der Waals surface area contributed by atoms with Crippen molar-refractivity contribution in [2.75, 3.05) is 0 Å². The zero-order valence-corrected chi connectivity index (χ0v) is 13.6. The number of carbonyl (C=O) groups is 1. The Balaban J connectivity index is 2.01. The number of carbonyl (C=O) groups excluding carboxylic acids is 1. The lowest BCUT2D eigenvalue weighted by Gasteiger charge is -2.39. The van der Waals surface area contributed by atoms with Gasteiger partial charge in [-0.25, -0.2) is 4.39 Å². The summed E-state index contributed by atoms with van der Waals surface area (Å²) in [7, 11) is 0. The highest BCUT2D eigenvalue weighted by molar-refractivity contribution is 8.01. The molecule has 3 rings (SSSR count). The lowest BCUT2D eigenvalue weighted by molar-refractivity contribution is -0.121. The zero-order valence-electron chi connectivity index (χ0n) is 12.8. The molecule has 2 aromatic carbocycles. The summed E-state index contributed by atoms with van der Waals surface area (Å²) in [4.78, 5) is 12.9. The molecule has 0 bridgehead atoms. The Morgan fingerprint density at radius 3 is 2.43 bits per heavy atom. The summed E-state index contributed by atoms with van der Waals surface area (Å²) in [6.07, 6.45) is 2.80. The first kappa shape index (κ1) is 15.8. The van der Waals surface area contributed by atoms with Gasteiger partial charge in [0.1, 0.15) is 11.6 Å². The van der Waals surface area contributed by atoms with E-state index >= 15 is 0 Å². The third-order valence-electron chi connectivity index (χ3n) is 4.37. The lowest BCUT2D eigenvalue weighted by atomic mass is 9.81. The van der Waals surface area contributed by atoms with Crippen LogP contribution in [0.5, 0.6) is 0 Å². The number of nitriles is 1. The Labute approximate surface area is 139 Å². The molecule has 1 aliphatic carbocycles. The Morgan fingerprint density at radius 2 is 1.91 bits per heavy atom. The highest BCUT2D eigenvalue weighted by atomic mass is 32.2. The molecule has 0 atom stereocenters. The molecule has 0 heterocycles. The molecule has 2 aromatic rings. The molecule has 1 saturated carbocycles. The van der Waals surface area contributed by atoms with Crippen molar-refractivity contribution in [3.63, 3.8) is 0 Å². The fraction of sp³-hybridized carbons (Fsp3) is 0.263. The van der Waals surface area contributed by atoms with Gasteiger partial charge in [-0.05, 0) is 67.6 Å². The lowest BCUT2D eigenvalue weighted by Crippen LogP contribution is -2.40. The van der Waals surface area contributed by atoms with Crippen LogP contribution in [0, 0.1) is 17.1 Å². The summed E-state index contributed by atoms with van der Waals surface area (Å²) >= 11 is 1.54. The molecule has 0 N–H and O–H groups in total. The van der Waals surface area contributed by atoms with E-state index in [-0.39, 0.29) is 16.3 Å². The second-order valence-corrected chi connectivity index (χ2v) is 7.26. The van der Waals surface area contributed by atoms with E-state index in [1.165, 1.54) is 12.1 Å². The largest absolute Gasteiger partial charge is 0.298 e. The molecule has 0 aliphatic heterocycles. The van der Waals surface area contributed by atoms with Crippen LogP contribution >= 0.6 is 11.8 Å². The average Bonchev–Trinajstić information content (AvgIpc) is 2.51. The van der Waals surface area contributed by atoms with Crippen LogP contribution in [0.25, 0.3) is 11.1 Å². The molecule has 0 radical (unpaired) electrons. The van der Waals surface area contributed by atoms with Gasteiger partial charge in [-0.3, -0.25) is 4.79 Å². The highest BCUT2D eigenvalue weighted by Crippen LogP contribution is 2.50. The van der Waals surface area contributed by atoms with E-state index in [0.29, 0.717) is 5.56 Å². The number of halogens is 1. The van der Waals surface area contributed by atoms with E-state index in [0.717, 1.165) is 35.3 Å². The number of nitrogens with zero attached hydrogens (tertiary/aromatic N) is 1. The maximum Gasteiger partial charge on any atom is 0.146 e. The van der Waals surface area contributed by atoms with E-state index in [1.807, 2.05) is 12.1 Å². The minimum Gasteiger partial charge on any atom is -0.298 e. The Bertz CT molecular complexity index is 788. The first-order valence-corrected chi connectivity index (χ1v) is 8.36. The standard InChI is InChI=1S/C19H16FNOS/c1-13(22)19(9-2-10-19)23-18-8-7-16(20)11-17(18)15-5-3-14(12-21)4-6-15/h3-8,11H,2,9-10H2,1H3. The Hall–Kier alpha value is -2.12. The molecular formula is C19H16FNOS. The van der Waals surface area contributed by atoms with Crippen molar-refractivity contribution in [2.24, 2.45) is 0 Å². The van der Waals surface area contributed by atoms with Crippen LogP contribution in [0.1, 0.15) is 31.7 Å². The van der Waals surface area contributed by atoms with Gasteiger partial charge in [-0.1, -0.05) is 12.1 Å². The van der Waals surface area contributed by atoms with Gasteiger partial charge in [-0.15, -0.1) is 11.8 Å². The molecule has 0 aromatic heterocycles. The number of hydrogen-bond acceptors (Lipinski definition) is 3. The normalized spacial score (nSPS) is 15.5. The fourth-order valence-corrected chi connectivity index (χ4v) is 4.26. The van der Waals surface area contributed by atoms with Crippen LogP contribution in [-0.2, 0) is 4.79 Å². The molecular weight excluding hydrogens is 309 g/mol. The summed E-state index contributed by atoms with van der Waals surface area (Å²) in [6, 6.07) is 13.8. The van der Waals surface area contributed by atoms with E-state index in [4.69, 9.17) is 5.26 Å². The molecule has 0 saturated heterocycles. The number of hydrogen-bond donors (Lipinski definition) is 0. The van der Waals surface area contributed by atoms with Gasteiger partial charge >= 0.3 is 0 Å². The quantitative estimate of drug-likeness (QED) is 0.797. The summed E-state index contributed by atoms with van der Waals surface area (Å²) in [5.74, 6) is -0.122. The van der Waals surface area contributed by atoms with Gasteiger partial charge in [-0.2, -0.15) is 5.26 Å². The van der Waals surface area contributed by atoms with Crippen molar-refractivity contribution >= 4 is 17.5 Å². The fourth-order valence-electron chi connectivity index (χ4n) is 2.78. The minimum absolute atomic E-state index is 0.184. The second kappa shape index (κ2) is 6.17. The van der Waals surface area contributed by atoms with Crippen molar-refractivity contribution in [1.29, 1.82) is 5.26 Å². The van der Waals surface area contributed by atoms with Gasteiger partial charge < -0.3 is 0 Å². The van der Waals surface area contributed by atoms with Crippen LogP contribution < -0.4 is 0 Å². The Kier molecular flexibility index (Phi) is 4.23. The Morgan fingerprint density at radius 1 is 1.22 bits per heavy atom. The maximum absolute atomic E-state index is 13.7. The van der Waals surface area contributed by atoms with Crippen molar-refractivity contribution in [1.82, 2.24) is 0 Å². The highest BCUT2D eigenvalue weighted by Gasteiger charge is 2.42. The predicted molar refractivity (Wildman–Crippen MR) is 89.7 cm³/mol. The van der Waals surface area contributed by atoms with Crippen molar-refractivity contribution in [2.45, 2.75) is 35.8 Å². The predicted octanol–water partition coefficient (Wildman–Crippen LogP) is 4.97. The third kappa shape index (κ3) is 3.02. The average molecular weight is 325 g/mol. The van der Waals surface area contributed by atoms with E-state index < -0.39 is 0 Å². The molecule has 2 nitrogen and oxygen atoms in total. The van der Waals surface area contributed by atoms with Gasteiger partial charge in [0.25, 0.3) is 0 Å². The summed E-state index contributed by atoms with van der Waals surface area (Å²) in [5, 5.41) is 8.90. The molecule has 1 aliphatic rings. The van der Waals surface area contributed by atoms with Crippen molar-refractivity contribution < 1.29 is 9.18 Å². The molecule has 0 amide bonds. The van der Waals surface area contributed by atoms with Gasteiger partial charge in [0, 0.05) is 4.90 Å². The number of thioether (sulfide) groups is 1. The minimum atomic E-state index is -0.362. The molecule has 4 heteroatoms. The van der Waals surface area contributed by atoms with Crippen LogP contribution in [0.3, 0.4) is 0 Å². The number of rotatable bonds is 4. The van der Waals surface area contributed by atoms with Crippen molar-refractivity contribution in [3.05, 3.63) is 53.8 Å². The summed E-state index contributed by atoms with van der Waals surface area (Å²) in [6.45, 7) is 1.64. The molecule has 0 spiro atoms. The number of benzene rings is 2.